The van der Waals surface area contributed by atoms with Gasteiger partial charge in [0.15, 0.2) is 0 Å². The third kappa shape index (κ3) is 3.08. The summed E-state index contributed by atoms with van der Waals surface area (Å²) in [6.45, 7) is 1.74. The molecule has 1 heterocycles. The van der Waals surface area contributed by atoms with Gasteiger partial charge in [0.25, 0.3) is 0 Å². The van der Waals surface area contributed by atoms with E-state index in [1.54, 1.807) is 6.07 Å². The highest BCUT2D eigenvalue weighted by atomic mass is 19.1. The Bertz CT molecular complexity index is 384. The van der Waals surface area contributed by atoms with Gasteiger partial charge in [0, 0.05) is 0 Å². The third-order valence-electron chi connectivity index (χ3n) is 3.87. The maximum atomic E-state index is 13.9. The quantitative estimate of drug-likeness (QED) is 0.793. The summed E-state index contributed by atoms with van der Waals surface area (Å²) < 4.78 is 26.2. The maximum absolute atomic E-state index is 13.9. The second kappa shape index (κ2) is 6.28. The van der Waals surface area contributed by atoms with Crippen LogP contribution in [0.15, 0.2) is 18.2 Å². The van der Waals surface area contributed by atoms with Crippen molar-refractivity contribution in [1.82, 2.24) is 4.90 Å². The van der Waals surface area contributed by atoms with E-state index in [9.17, 15) is 8.78 Å². The first-order valence-corrected chi connectivity index (χ1v) is 6.74. The first-order chi connectivity index (χ1) is 8.72. The summed E-state index contributed by atoms with van der Waals surface area (Å²) >= 11 is 0. The van der Waals surface area contributed by atoms with Crippen molar-refractivity contribution in [1.29, 1.82) is 0 Å². The molecule has 0 atom stereocenters. The predicted molar refractivity (Wildman–Crippen MR) is 70.2 cm³/mol. The molecule has 2 rings (SSSR count). The fourth-order valence-corrected chi connectivity index (χ4v) is 2.78. The molecule has 1 aliphatic rings. The van der Waals surface area contributed by atoms with E-state index in [0.29, 0.717) is 18.8 Å². The lowest BCUT2D eigenvalue weighted by atomic mass is 9.85. The van der Waals surface area contributed by atoms with Crippen LogP contribution in [0.5, 0.6) is 0 Å². The van der Waals surface area contributed by atoms with Gasteiger partial charge in [0.05, 0.1) is 6.67 Å². The van der Waals surface area contributed by atoms with Crippen LogP contribution in [-0.4, -0.2) is 31.7 Å². The van der Waals surface area contributed by atoms with Gasteiger partial charge in [0.2, 0.25) is 0 Å². The van der Waals surface area contributed by atoms with Gasteiger partial charge in [-0.2, -0.15) is 0 Å². The number of benzene rings is 1. The van der Waals surface area contributed by atoms with Crippen molar-refractivity contribution in [2.24, 2.45) is 0 Å². The fourth-order valence-electron chi connectivity index (χ4n) is 2.78. The van der Waals surface area contributed by atoms with Crippen LogP contribution in [0.2, 0.25) is 0 Å². The first kappa shape index (κ1) is 13.5. The van der Waals surface area contributed by atoms with Gasteiger partial charge in [-0.1, -0.05) is 12.1 Å². The zero-order valence-electron chi connectivity index (χ0n) is 11.0. The summed E-state index contributed by atoms with van der Waals surface area (Å²) in [4.78, 5) is 2.30. The summed E-state index contributed by atoms with van der Waals surface area (Å²) in [6.07, 6.45) is 3.08. The van der Waals surface area contributed by atoms with Gasteiger partial charge in [-0.3, -0.25) is 4.39 Å². The Morgan fingerprint density at radius 1 is 1.28 bits per heavy atom. The molecule has 0 aromatic heterocycles. The maximum Gasteiger partial charge on any atom is 0.126 e. The summed E-state index contributed by atoms with van der Waals surface area (Å²) in [5.41, 5.74) is 1.85. The summed E-state index contributed by atoms with van der Waals surface area (Å²) in [6, 6.07) is 5.29. The molecule has 0 unspecified atom stereocenters. The lowest BCUT2D eigenvalue weighted by Crippen LogP contribution is -2.29. The molecule has 0 aliphatic carbocycles. The van der Waals surface area contributed by atoms with Crippen molar-refractivity contribution in [3.63, 3.8) is 0 Å². The van der Waals surface area contributed by atoms with Crippen LogP contribution < -0.4 is 0 Å². The highest BCUT2D eigenvalue weighted by Gasteiger charge is 2.21. The largest absolute Gasteiger partial charge is 0.306 e. The van der Waals surface area contributed by atoms with Crippen molar-refractivity contribution in [3.05, 3.63) is 35.1 Å². The first-order valence-electron chi connectivity index (χ1n) is 6.74. The Labute approximate surface area is 108 Å². The molecule has 0 bridgehead atoms. The average Bonchev–Trinajstić information content (AvgIpc) is 2.38. The van der Waals surface area contributed by atoms with Crippen molar-refractivity contribution in [2.75, 3.05) is 26.8 Å². The molecule has 1 fully saturated rings. The summed E-state index contributed by atoms with van der Waals surface area (Å²) in [7, 11) is 2.12. The molecule has 100 valence electrons. The van der Waals surface area contributed by atoms with Gasteiger partial charge >= 0.3 is 0 Å². The molecular weight excluding hydrogens is 232 g/mol. The number of hydrogen-bond acceptors (Lipinski definition) is 1. The normalized spacial score (nSPS) is 18.2. The van der Waals surface area contributed by atoms with Gasteiger partial charge in [-0.15, -0.1) is 0 Å². The minimum atomic E-state index is -0.374. The van der Waals surface area contributed by atoms with Gasteiger partial charge in [0.1, 0.15) is 5.82 Å². The van der Waals surface area contributed by atoms with Gasteiger partial charge in [-0.05, 0) is 68.9 Å². The molecule has 0 spiro atoms. The van der Waals surface area contributed by atoms with E-state index in [1.165, 1.54) is 6.07 Å². The molecule has 0 N–H and O–H groups in total. The predicted octanol–water partition coefficient (Wildman–Crippen LogP) is 3.54. The highest BCUT2D eigenvalue weighted by Crippen LogP contribution is 2.31. The van der Waals surface area contributed by atoms with Crippen LogP contribution in [0.25, 0.3) is 0 Å². The molecule has 1 saturated heterocycles. The number of nitrogens with zero attached hydrogens (tertiary/aromatic N) is 1. The smallest absolute Gasteiger partial charge is 0.126 e. The molecule has 0 radical (unpaired) electrons. The molecule has 0 saturated carbocycles. The molecule has 18 heavy (non-hydrogen) atoms. The molecule has 1 aromatic carbocycles. The zero-order chi connectivity index (χ0) is 13.0. The molecule has 1 aliphatic heterocycles. The molecule has 1 aromatic rings. The van der Waals surface area contributed by atoms with E-state index < -0.39 is 0 Å². The van der Waals surface area contributed by atoms with Crippen molar-refractivity contribution < 1.29 is 8.78 Å². The molecule has 3 heteroatoms. The number of hydrogen-bond donors (Lipinski definition) is 0. The number of likely N-dealkylation sites (tertiary alicyclic amines) is 1. The third-order valence-corrected chi connectivity index (χ3v) is 3.87. The monoisotopic (exact) mass is 253 g/mol. The Hall–Kier alpha value is -0.960. The topological polar surface area (TPSA) is 3.24 Å². The SMILES string of the molecule is CN1CCC(c2cccc(F)c2CCCF)CC1. The van der Waals surface area contributed by atoms with E-state index >= 15 is 0 Å². The van der Waals surface area contributed by atoms with E-state index in [4.69, 9.17) is 0 Å². The highest BCUT2D eigenvalue weighted by molar-refractivity contribution is 5.32. The standard InChI is InChI=1S/C15H21F2N/c1-18-10-7-12(8-11-18)13-4-2-6-15(17)14(13)5-3-9-16/h2,4,6,12H,3,5,7-11H2,1H3. The van der Waals surface area contributed by atoms with Crippen LogP contribution in [-0.2, 0) is 6.42 Å². The number of alkyl halides is 1. The van der Waals surface area contributed by atoms with E-state index in [0.717, 1.165) is 37.1 Å². The van der Waals surface area contributed by atoms with Crippen LogP contribution in [0.3, 0.4) is 0 Å². The van der Waals surface area contributed by atoms with E-state index in [-0.39, 0.29) is 12.5 Å². The van der Waals surface area contributed by atoms with Crippen molar-refractivity contribution in [2.45, 2.75) is 31.6 Å². The van der Waals surface area contributed by atoms with Crippen LogP contribution >= 0.6 is 0 Å². The fraction of sp³-hybridized carbons (Fsp3) is 0.600. The van der Waals surface area contributed by atoms with Gasteiger partial charge in [-0.25, -0.2) is 4.39 Å². The summed E-state index contributed by atoms with van der Waals surface area (Å²) in [5, 5.41) is 0. The Kier molecular flexibility index (Phi) is 4.70. The minimum Gasteiger partial charge on any atom is -0.306 e. The minimum absolute atomic E-state index is 0.167. The summed E-state index contributed by atoms with van der Waals surface area (Å²) in [5.74, 6) is 0.270. The number of halogens is 2. The Morgan fingerprint density at radius 2 is 2.00 bits per heavy atom. The van der Waals surface area contributed by atoms with Crippen molar-refractivity contribution in [3.8, 4) is 0 Å². The van der Waals surface area contributed by atoms with Crippen LogP contribution in [0.4, 0.5) is 8.78 Å². The van der Waals surface area contributed by atoms with Gasteiger partial charge < -0.3 is 4.90 Å². The average molecular weight is 253 g/mol. The second-order valence-corrected chi connectivity index (χ2v) is 5.18. The molecule has 0 amide bonds. The zero-order valence-corrected chi connectivity index (χ0v) is 11.0. The molecular formula is C15H21F2N. The van der Waals surface area contributed by atoms with Crippen LogP contribution in [0, 0.1) is 5.82 Å². The lowest BCUT2D eigenvalue weighted by molar-refractivity contribution is 0.254. The second-order valence-electron chi connectivity index (χ2n) is 5.18. The van der Waals surface area contributed by atoms with E-state index in [1.807, 2.05) is 6.07 Å². The number of rotatable bonds is 4. The number of piperidine rings is 1. The van der Waals surface area contributed by atoms with Crippen molar-refractivity contribution >= 4 is 0 Å². The Balaban J connectivity index is 2.18. The van der Waals surface area contributed by atoms with E-state index in [2.05, 4.69) is 11.9 Å². The Morgan fingerprint density at radius 3 is 2.67 bits per heavy atom. The lowest BCUT2D eigenvalue weighted by Gasteiger charge is -2.30. The molecule has 1 nitrogen and oxygen atoms in total. The van der Waals surface area contributed by atoms with Crippen LogP contribution in [0.1, 0.15) is 36.3 Å².